The minimum atomic E-state index is -0.195. The van der Waals surface area contributed by atoms with E-state index >= 15 is 0 Å². The number of benzene rings is 1. The minimum Gasteiger partial charge on any atom is -0.427 e. The molecule has 1 saturated carbocycles. The Morgan fingerprint density at radius 1 is 1.43 bits per heavy atom. The Bertz CT molecular complexity index is 643. The minimum absolute atomic E-state index is 0.195. The highest BCUT2D eigenvalue weighted by Crippen LogP contribution is 2.27. The highest BCUT2D eigenvalue weighted by molar-refractivity contribution is 5.85. The molecule has 1 heterocycles. The zero-order valence-electron chi connectivity index (χ0n) is 12.7. The van der Waals surface area contributed by atoms with Crippen LogP contribution in [0.15, 0.2) is 24.4 Å². The van der Waals surface area contributed by atoms with Gasteiger partial charge in [0.25, 0.3) is 0 Å². The number of hydrogen-bond donors (Lipinski definition) is 1. The monoisotopic (exact) mass is 286 g/mol. The molecule has 0 bridgehead atoms. The lowest BCUT2D eigenvalue weighted by molar-refractivity contribution is -0.134. The van der Waals surface area contributed by atoms with Crippen molar-refractivity contribution < 1.29 is 9.53 Å². The third-order valence-electron chi connectivity index (χ3n) is 4.16. The Morgan fingerprint density at radius 2 is 2.24 bits per heavy atom. The Labute approximate surface area is 125 Å². The van der Waals surface area contributed by atoms with E-state index in [4.69, 9.17) is 4.74 Å². The second-order valence-electron chi connectivity index (χ2n) is 5.81. The molecular formula is C17H22N2O2. The third-order valence-corrected chi connectivity index (χ3v) is 4.16. The van der Waals surface area contributed by atoms with E-state index in [1.54, 1.807) is 6.92 Å². The molecule has 4 nitrogen and oxygen atoms in total. The van der Waals surface area contributed by atoms with E-state index in [0.29, 0.717) is 12.2 Å². The molecule has 2 aromatic rings. The first-order chi connectivity index (χ1) is 10.2. The van der Waals surface area contributed by atoms with Crippen LogP contribution >= 0.6 is 0 Å². The molecule has 1 fully saturated rings. The van der Waals surface area contributed by atoms with Gasteiger partial charge in [-0.15, -0.1) is 0 Å². The van der Waals surface area contributed by atoms with E-state index in [0.717, 1.165) is 29.9 Å². The lowest BCUT2D eigenvalue weighted by atomic mass is 10.1. The second kappa shape index (κ2) is 5.90. The number of hydrogen-bond acceptors (Lipinski definition) is 3. The van der Waals surface area contributed by atoms with Gasteiger partial charge in [-0.1, -0.05) is 6.92 Å². The predicted molar refractivity (Wildman–Crippen MR) is 83.6 cm³/mol. The van der Waals surface area contributed by atoms with Crippen molar-refractivity contribution in [2.24, 2.45) is 0 Å². The maximum atomic E-state index is 11.4. The summed E-state index contributed by atoms with van der Waals surface area (Å²) in [5.74, 6) is 0.436. The first kappa shape index (κ1) is 14.1. The molecule has 1 aromatic heterocycles. The molecule has 3 rings (SSSR count). The number of esters is 1. The van der Waals surface area contributed by atoms with Crippen LogP contribution in [0, 0.1) is 0 Å². The zero-order valence-corrected chi connectivity index (χ0v) is 12.7. The van der Waals surface area contributed by atoms with Crippen LogP contribution in [0.25, 0.3) is 10.9 Å². The largest absolute Gasteiger partial charge is 0.427 e. The summed E-state index contributed by atoms with van der Waals surface area (Å²) in [7, 11) is 2.20. The van der Waals surface area contributed by atoms with Gasteiger partial charge < -0.3 is 14.6 Å². The Hall–Kier alpha value is -1.81. The lowest BCUT2D eigenvalue weighted by Crippen LogP contribution is -2.23. The molecule has 0 unspecified atom stereocenters. The number of aromatic amines is 1. The molecule has 1 aromatic carbocycles. The molecule has 0 spiro atoms. The Balaban J connectivity index is 1.75. The number of carbonyl (C=O) groups excluding carboxylic acids is 1. The number of nitrogens with zero attached hydrogens (tertiary/aromatic N) is 1. The van der Waals surface area contributed by atoms with Gasteiger partial charge in [-0.3, -0.25) is 4.79 Å². The third kappa shape index (κ3) is 3.27. The number of likely N-dealkylation sites (N-methyl/N-ethyl adjacent to an activating group) is 1. The Morgan fingerprint density at radius 3 is 2.95 bits per heavy atom. The van der Waals surface area contributed by atoms with Gasteiger partial charge in [0, 0.05) is 36.1 Å². The number of H-pyrrole nitrogens is 1. The van der Waals surface area contributed by atoms with Gasteiger partial charge in [-0.05, 0) is 50.1 Å². The van der Waals surface area contributed by atoms with E-state index in [1.807, 2.05) is 18.2 Å². The molecule has 21 heavy (non-hydrogen) atoms. The van der Waals surface area contributed by atoms with Crippen molar-refractivity contribution in [3.8, 4) is 5.75 Å². The van der Waals surface area contributed by atoms with Crippen molar-refractivity contribution in [3.63, 3.8) is 0 Å². The molecule has 0 amide bonds. The predicted octanol–water partition coefficient (Wildman–Crippen LogP) is 3.12. The van der Waals surface area contributed by atoms with Crippen LogP contribution in [-0.2, 0) is 11.2 Å². The van der Waals surface area contributed by atoms with Crippen molar-refractivity contribution in [2.75, 3.05) is 13.6 Å². The summed E-state index contributed by atoms with van der Waals surface area (Å²) in [6.45, 7) is 2.87. The number of rotatable bonds is 6. The van der Waals surface area contributed by atoms with Crippen molar-refractivity contribution in [1.29, 1.82) is 0 Å². The number of fused-ring (bicyclic) bond motifs is 1. The normalized spacial score (nSPS) is 14.8. The van der Waals surface area contributed by atoms with Gasteiger partial charge in [0.2, 0.25) is 0 Å². The van der Waals surface area contributed by atoms with E-state index in [1.165, 1.54) is 18.4 Å². The smallest absolute Gasteiger partial charge is 0.310 e. The number of nitrogens with one attached hydrogen (secondary N) is 1. The van der Waals surface area contributed by atoms with Crippen molar-refractivity contribution in [3.05, 3.63) is 30.0 Å². The van der Waals surface area contributed by atoms with E-state index in [-0.39, 0.29) is 5.97 Å². The molecule has 1 N–H and O–H groups in total. The summed E-state index contributed by atoms with van der Waals surface area (Å²) >= 11 is 0. The topological polar surface area (TPSA) is 45.3 Å². The average Bonchev–Trinajstić information content (AvgIpc) is 3.26. The van der Waals surface area contributed by atoms with E-state index < -0.39 is 0 Å². The SMILES string of the molecule is CCC(=O)Oc1ccc2[nH]cc(CCN(C)C3CC3)c2c1. The highest BCUT2D eigenvalue weighted by atomic mass is 16.5. The fraction of sp³-hybridized carbons (Fsp3) is 0.471. The van der Waals surface area contributed by atoms with Gasteiger partial charge in [0.1, 0.15) is 5.75 Å². The van der Waals surface area contributed by atoms with Crippen molar-refractivity contribution in [1.82, 2.24) is 9.88 Å². The molecule has 0 radical (unpaired) electrons. The van der Waals surface area contributed by atoms with Gasteiger partial charge in [-0.2, -0.15) is 0 Å². The molecule has 1 aliphatic rings. The van der Waals surface area contributed by atoms with Crippen LogP contribution in [0.5, 0.6) is 5.75 Å². The first-order valence-corrected chi connectivity index (χ1v) is 7.68. The molecule has 1 aliphatic carbocycles. The molecule has 0 aliphatic heterocycles. The van der Waals surface area contributed by atoms with Crippen LogP contribution < -0.4 is 4.74 Å². The zero-order chi connectivity index (χ0) is 14.8. The maximum absolute atomic E-state index is 11.4. The fourth-order valence-corrected chi connectivity index (χ4v) is 2.63. The molecule has 4 heteroatoms. The lowest BCUT2D eigenvalue weighted by Gasteiger charge is -2.14. The highest BCUT2D eigenvalue weighted by Gasteiger charge is 2.25. The van der Waals surface area contributed by atoms with Crippen LogP contribution in [-0.4, -0.2) is 35.5 Å². The average molecular weight is 286 g/mol. The van der Waals surface area contributed by atoms with Gasteiger partial charge in [0.05, 0.1) is 0 Å². The number of carbonyl (C=O) groups is 1. The molecule has 112 valence electrons. The summed E-state index contributed by atoms with van der Waals surface area (Å²) in [5, 5.41) is 1.15. The molecule has 0 saturated heterocycles. The number of aromatic nitrogens is 1. The fourth-order valence-electron chi connectivity index (χ4n) is 2.63. The summed E-state index contributed by atoms with van der Waals surface area (Å²) in [6, 6.07) is 6.57. The second-order valence-corrected chi connectivity index (χ2v) is 5.81. The van der Waals surface area contributed by atoms with Crippen LogP contribution in [0.2, 0.25) is 0 Å². The first-order valence-electron chi connectivity index (χ1n) is 7.68. The van der Waals surface area contributed by atoms with Gasteiger partial charge >= 0.3 is 5.97 Å². The standard InChI is InChI=1S/C17H22N2O2/c1-3-17(20)21-14-6-7-16-15(10-14)12(11-18-16)8-9-19(2)13-4-5-13/h6-7,10-11,13,18H,3-5,8-9H2,1-2H3. The van der Waals surface area contributed by atoms with Crippen molar-refractivity contribution >= 4 is 16.9 Å². The van der Waals surface area contributed by atoms with Gasteiger partial charge in [-0.25, -0.2) is 0 Å². The van der Waals surface area contributed by atoms with Crippen LogP contribution in [0.1, 0.15) is 31.7 Å². The summed E-state index contributed by atoms with van der Waals surface area (Å²) in [6.07, 6.45) is 6.14. The van der Waals surface area contributed by atoms with E-state index in [9.17, 15) is 4.79 Å². The summed E-state index contributed by atoms with van der Waals surface area (Å²) < 4.78 is 5.31. The molecule has 0 atom stereocenters. The maximum Gasteiger partial charge on any atom is 0.310 e. The quantitative estimate of drug-likeness (QED) is 0.655. The van der Waals surface area contributed by atoms with Crippen LogP contribution in [0.4, 0.5) is 0 Å². The van der Waals surface area contributed by atoms with Crippen LogP contribution in [0.3, 0.4) is 0 Å². The summed E-state index contributed by atoms with van der Waals surface area (Å²) in [4.78, 5) is 17.1. The Kier molecular flexibility index (Phi) is 3.97. The van der Waals surface area contributed by atoms with Gasteiger partial charge in [0.15, 0.2) is 0 Å². The van der Waals surface area contributed by atoms with Crippen molar-refractivity contribution in [2.45, 2.75) is 38.6 Å². The molecular weight excluding hydrogens is 264 g/mol. The van der Waals surface area contributed by atoms with E-state index in [2.05, 4.69) is 23.1 Å². The number of ether oxygens (including phenoxy) is 1. The summed E-state index contributed by atoms with van der Waals surface area (Å²) in [5.41, 5.74) is 2.38.